The van der Waals surface area contributed by atoms with Crippen molar-refractivity contribution in [3.05, 3.63) is 23.3 Å². The third-order valence-electron chi connectivity index (χ3n) is 5.11. The molecule has 8 nitrogen and oxygen atoms in total. The second-order valence-corrected chi connectivity index (χ2v) is 6.73. The maximum atomic E-state index is 13.0. The van der Waals surface area contributed by atoms with Gasteiger partial charge in [0.15, 0.2) is 0 Å². The number of benzene rings is 1. The highest BCUT2D eigenvalue weighted by molar-refractivity contribution is 6.31. The average Bonchev–Trinajstić information content (AvgIpc) is 2.71. The van der Waals surface area contributed by atoms with Gasteiger partial charge in [-0.15, -0.1) is 0 Å². The monoisotopic (exact) mass is 388 g/mol. The molecule has 0 atom stereocenters. The van der Waals surface area contributed by atoms with Crippen LogP contribution in [0.3, 0.4) is 0 Å². The highest BCUT2D eigenvalue weighted by atomic mass is 16.5. The van der Waals surface area contributed by atoms with E-state index < -0.39 is 17.8 Å². The molecular formula is C20H24N2O6. The first-order chi connectivity index (χ1) is 13.5. The van der Waals surface area contributed by atoms with Crippen molar-refractivity contribution in [2.75, 3.05) is 21.3 Å². The van der Waals surface area contributed by atoms with Gasteiger partial charge < -0.3 is 14.2 Å². The van der Waals surface area contributed by atoms with E-state index in [0.29, 0.717) is 22.8 Å². The van der Waals surface area contributed by atoms with E-state index in [-0.39, 0.29) is 11.6 Å². The van der Waals surface area contributed by atoms with Gasteiger partial charge in [0.05, 0.1) is 26.9 Å². The number of imide groups is 2. The summed E-state index contributed by atoms with van der Waals surface area (Å²) in [5.41, 5.74) is 0.286. The summed E-state index contributed by atoms with van der Waals surface area (Å²) in [4.78, 5) is 39.0. The van der Waals surface area contributed by atoms with Crippen LogP contribution in [0.15, 0.2) is 17.7 Å². The molecule has 2 fully saturated rings. The number of ether oxygens (including phenoxy) is 3. The minimum atomic E-state index is -0.734. The van der Waals surface area contributed by atoms with Crippen molar-refractivity contribution in [3.8, 4) is 17.2 Å². The third kappa shape index (κ3) is 3.67. The Morgan fingerprint density at radius 2 is 1.57 bits per heavy atom. The summed E-state index contributed by atoms with van der Waals surface area (Å²) in [6.45, 7) is 0. The Morgan fingerprint density at radius 3 is 2.11 bits per heavy atom. The van der Waals surface area contributed by atoms with Crippen molar-refractivity contribution in [1.82, 2.24) is 10.2 Å². The molecule has 0 radical (unpaired) electrons. The van der Waals surface area contributed by atoms with E-state index in [4.69, 9.17) is 14.2 Å². The molecule has 0 spiro atoms. The first-order valence-electron chi connectivity index (χ1n) is 9.20. The van der Waals surface area contributed by atoms with Gasteiger partial charge >= 0.3 is 6.03 Å². The molecule has 28 heavy (non-hydrogen) atoms. The van der Waals surface area contributed by atoms with Crippen molar-refractivity contribution >= 4 is 23.9 Å². The van der Waals surface area contributed by atoms with Gasteiger partial charge in [0.1, 0.15) is 22.8 Å². The summed E-state index contributed by atoms with van der Waals surface area (Å²) in [6, 6.07) is 2.40. The SMILES string of the molecule is COc1cc(OC)c(C=C2C(=O)NC(=O)N(C3CCCCC3)C2=O)c(OC)c1. The van der Waals surface area contributed by atoms with Gasteiger partial charge in [-0.05, 0) is 18.9 Å². The molecule has 1 N–H and O–H groups in total. The molecule has 2 aliphatic rings. The van der Waals surface area contributed by atoms with Crippen LogP contribution in [-0.2, 0) is 9.59 Å². The highest BCUT2D eigenvalue weighted by Gasteiger charge is 2.40. The molecule has 1 aliphatic carbocycles. The number of barbiturate groups is 1. The molecule has 0 aromatic heterocycles. The quantitative estimate of drug-likeness (QED) is 0.615. The van der Waals surface area contributed by atoms with Crippen molar-refractivity contribution < 1.29 is 28.6 Å². The molecule has 150 valence electrons. The van der Waals surface area contributed by atoms with Gasteiger partial charge in [-0.25, -0.2) is 4.79 Å². The zero-order valence-electron chi connectivity index (χ0n) is 16.2. The summed E-state index contributed by atoms with van der Waals surface area (Å²) in [5, 5.41) is 2.28. The highest BCUT2D eigenvalue weighted by Crippen LogP contribution is 2.36. The number of urea groups is 1. The fraction of sp³-hybridized carbons (Fsp3) is 0.450. The van der Waals surface area contributed by atoms with Crippen LogP contribution in [0.1, 0.15) is 37.7 Å². The molecule has 1 aliphatic heterocycles. The smallest absolute Gasteiger partial charge is 0.331 e. The first kappa shape index (κ1) is 19.7. The lowest BCUT2D eigenvalue weighted by atomic mass is 9.93. The van der Waals surface area contributed by atoms with Crippen molar-refractivity contribution in [1.29, 1.82) is 0 Å². The Balaban J connectivity index is 2.03. The van der Waals surface area contributed by atoms with E-state index in [1.165, 1.54) is 32.3 Å². The number of carbonyl (C=O) groups is 3. The van der Waals surface area contributed by atoms with Gasteiger partial charge in [-0.1, -0.05) is 19.3 Å². The summed E-state index contributed by atoms with van der Waals surface area (Å²) in [7, 11) is 4.45. The summed E-state index contributed by atoms with van der Waals surface area (Å²) in [5.74, 6) is -0.0623. The first-order valence-corrected chi connectivity index (χ1v) is 9.20. The number of hydrogen-bond donors (Lipinski definition) is 1. The van der Waals surface area contributed by atoms with E-state index >= 15 is 0 Å². The predicted octanol–water partition coefficient (Wildman–Crippen LogP) is 2.51. The van der Waals surface area contributed by atoms with Gasteiger partial charge in [0.25, 0.3) is 11.8 Å². The van der Waals surface area contributed by atoms with Crippen LogP contribution in [0.2, 0.25) is 0 Å². The lowest BCUT2D eigenvalue weighted by Crippen LogP contribution is -2.58. The topological polar surface area (TPSA) is 94.2 Å². The standard InChI is InChI=1S/C20H24N2O6/c1-26-13-9-16(27-2)14(17(10-13)28-3)11-15-18(23)21-20(25)22(19(15)24)12-7-5-4-6-8-12/h9-12H,4-8H2,1-3H3,(H,21,23,25). The maximum Gasteiger partial charge on any atom is 0.331 e. The van der Waals surface area contributed by atoms with Crippen LogP contribution in [0.5, 0.6) is 17.2 Å². The van der Waals surface area contributed by atoms with Crippen LogP contribution >= 0.6 is 0 Å². The fourth-order valence-electron chi connectivity index (χ4n) is 3.66. The Morgan fingerprint density at radius 1 is 0.964 bits per heavy atom. The molecule has 8 heteroatoms. The van der Waals surface area contributed by atoms with Gasteiger partial charge in [0.2, 0.25) is 0 Å². The molecule has 1 saturated carbocycles. The second kappa shape index (κ2) is 8.33. The zero-order valence-corrected chi connectivity index (χ0v) is 16.2. The van der Waals surface area contributed by atoms with Crippen molar-refractivity contribution in [2.24, 2.45) is 0 Å². The minimum absolute atomic E-state index is 0.132. The largest absolute Gasteiger partial charge is 0.496 e. The van der Waals surface area contributed by atoms with E-state index in [2.05, 4.69) is 5.32 Å². The van der Waals surface area contributed by atoms with Gasteiger partial charge in [-0.3, -0.25) is 19.8 Å². The van der Waals surface area contributed by atoms with E-state index in [9.17, 15) is 14.4 Å². The lowest BCUT2D eigenvalue weighted by Gasteiger charge is -2.35. The molecule has 1 saturated heterocycles. The van der Waals surface area contributed by atoms with Crippen molar-refractivity contribution in [2.45, 2.75) is 38.1 Å². The second-order valence-electron chi connectivity index (χ2n) is 6.73. The third-order valence-corrected chi connectivity index (χ3v) is 5.11. The molecule has 4 amide bonds. The normalized spacial score (nSPS) is 19.6. The van der Waals surface area contributed by atoms with Crippen LogP contribution in [0, 0.1) is 0 Å². The summed E-state index contributed by atoms with van der Waals surface area (Å²) in [6.07, 6.45) is 5.88. The number of carbonyl (C=O) groups excluding carboxylic acids is 3. The molecule has 0 bridgehead atoms. The van der Waals surface area contributed by atoms with Crippen LogP contribution < -0.4 is 19.5 Å². The maximum absolute atomic E-state index is 13.0. The summed E-state index contributed by atoms with van der Waals surface area (Å²) >= 11 is 0. The number of amides is 4. The van der Waals surface area contributed by atoms with Crippen LogP contribution in [0.4, 0.5) is 4.79 Å². The predicted molar refractivity (Wildman–Crippen MR) is 101 cm³/mol. The number of nitrogens with one attached hydrogen (secondary N) is 1. The Hall–Kier alpha value is -3.03. The molecule has 3 rings (SSSR count). The summed E-state index contributed by atoms with van der Waals surface area (Å²) < 4.78 is 16.0. The molecule has 0 unspecified atom stereocenters. The number of hydrogen-bond acceptors (Lipinski definition) is 6. The van der Waals surface area contributed by atoms with Gasteiger partial charge in [-0.2, -0.15) is 0 Å². The van der Waals surface area contributed by atoms with E-state index in [1.54, 1.807) is 12.1 Å². The zero-order chi connectivity index (χ0) is 20.3. The average molecular weight is 388 g/mol. The van der Waals surface area contributed by atoms with Gasteiger partial charge in [0, 0.05) is 18.2 Å². The fourth-order valence-corrected chi connectivity index (χ4v) is 3.66. The van der Waals surface area contributed by atoms with Crippen molar-refractivity contribution in [3.63, 3.8) is 0 Å². The molecule has 1 aromatic rings. The number of nitrogens with zero attached hydrogens (tertiary/aromatic N) is 1. The number of methoxy groups -OCH3 is 3. The molecule has 1 aromatic carbocycles. The number of rotatable bonds is 5. The Kier molecular flexibility index (Phi) is 5.87. The Bertz CT molecular complexity index is 801. The van der Waals surface area contributed by atoms with Crippen LogP contribution in [0.25, 0.3) is 6.08 Å². The van der Waals surface area contributed by atoms with E-state index in [1.807, 2.05) is 0 Å². The van der Waals surface area contributed by atoms with Crippen LogP contribution in [-0.4, -0.2) is 50.1 Å². The lowest BCUT2D eigenvalue weighted by molar-refractivity contribution is -0.132. The molecular weight excluding hydrogens is 364 g/mol. The molecule has 1 heterocycles. The Labute approximate surface area is 163 Å². The van der Waals surface area contributed by atoms with E-state index in [0.717, 1.165) is 32.1 Å². The minimum Gasteiger partial charge on any atom is -0.496 e.